The Labute approximate surface area is 143 Å². The van der Waals surface area contributed by atoms with Crippen molar-refractivity contribution in [1.29, 1.82) is 0 Å². The number of nitrogens with one attached hydrogen (secondary N) is 1. The molecule has 2 aromatic carbocycles. The first-order chi connectivity index (χ1) is 11.6. The van der Waals surface area contributed by atoms with Crippen molar-refractivity contribution in [1.82, 2.24) is 4.90 Å². The SMILES string of the molecule is CN(C)CCCOc1ccc(NC(=O)/C=C/c2ccccc2)cc1. The molecule has 24 heavy (non-hydrogen) atoms. The van der Waals surface area contributed by atoms with Crippen LogP contribution in [0.4, 0.5) is 5.69 Å². The van der Waals surface area contributed by atoms with E-state index in [4.69, 9.17) is 4.74 Å². The summed E-state index contributed by atoms with van der Waals surface area (Å²) in [5, 5.41) is 2.83. The zero-order chi connectivity index (χ0) is 17.2. The molecule has 0 aliphatic carbocycles. The normalized spacial score (nSPS) is 11.0. The van der Waals surface area contributed by atoms with Gasteiger partial charge in [-0.05, 0) is 56.4 Å². The fraction of sp³-hybridized carbons (Fsp3) is 0.250. The fourth-order valence-electron chi connectivity index (χ4n) is 2.13. The molecule has 0 heterocycles. The molecule has 0 aliphatic rings. The summed E-state index contributed by atoms with van der Waals surface area (Å²) in [5.74, 6) is 0.657. The Morgan fingerprint density at radius 3 is 2.46 bits per heavy atom. The van der Waals surface area contributed by atoms with E-state index in [1.54, 1.807) is 6.08 Å². The van der Waals surface area contributed by atoms with Gasteiger partial charge in [0, 0.05) is 18.3 Å². The lowest BCUT2D eigenvalue weighted by Gasteiger charge is -2.10. The summed E-state index contributed by atoms with van der Waals surface area (Å²) < 4.78 is 5.67. The lowest BCUT2D eigenvalue weighted by atomic mass is 10.2. The van der Waals surface area contributed by atoms with Gasteiger partial charge in [0.15, 0.2) is 0 Å². The number of carbonyl (C=O) groups excluding carboxylic acids is 1. The van der Waals surface area contributed by atoms with Crippen LogP contribution in [0.15, 0.2) is 60.7 Å². The van der Waals surface area contributed by atoms with Gasteiger partial charge in [-0.2, -0.15) is 0 Å². The number of hydrogen-bond acceptors (Lipinski definition) is 3. The van der Waals surface area contributed by atoms with Crippen LogP contribution in [0.3, 0.4) is 0 Å². The van der Waals surface area contributed by atoms with E-state index < -0.39 is 0 Å². The summed E-state index contributed by atoms with van der Waals surface area (Å²) in [5.41, 5.74) is 1.74. The molecule has 0 saturated heterocycles. The maximum Gasteiger partial charge on any atom is 0.248 e. The molecule has 126 valence electrons. The third-order valence-electron chi connectivity index (χ3n) is 3.37. The van der Waals surface area contributed by atoms with Crippen LogP contribution in [0, 0.1) is 0 Å². The third-order valence-corrected chi connectivity index (χ3v) is 3.37. The standard InChI is InChI=1S/C20H24N2O2/c1-22(2)15-6-16-24-19-12-10-18(11-13-19)21-20(23)14-9-17-7-4-3-5-8-17/h3-5,7-14H,6,15-16H2,1-2H3,(H,21,23)/b14-9+. The Bertz CT molecular complexity index is 649. The van der Waals surface area contributed by atoms with E-state index in [0.29, 0.717) is 6.61 Å². The van der Waals surface area contributed by atoms with Gasteiger partial charge in [-0.1, -0.05) is 30.3 Å². The summed E-state index contributed by atoms with van der Waals surface area (Å²) in [4.78, 5) is 14.0. The van der Waals surface area contributed by atoms with E-state index in [1.807, 2.05) is 68.7 Å². The van der Waals surface area contributed by atoms with Crippen LogP contribution in [0.5, 0.6) is 5.75 Å². The quantitative estimate of drug-likeness (QED) is 0.595. The van der Waals surface area contributed by atoms with Crippen molar-refractivity contribution >= 4 is 17.7 Å². The molecule has 0 bridgehead atoms. The first-order valence-electron chi connectivity index (χ1n) is 8.05. The van der Waals surface area contributed by atoms with Gasteiger partial charge >= 0.3 is 0 Å². The smallest absolute Gasteiger partial charge is 0.248 e. The summed E-state index contributed by atoms with van der Waals surface area (Å²) in [7, 11) is 4.09. The molecule has 0 radical (unpaired) electrons. The van der Waals surface area contributed by atoms with E-state index in [1.165, 1.54) is 6.08 Å². The van der Waals surface area contributed by atoms with E-state index >= 15 is 0 Å². The molecule has 1 N–H and O–H groups in total. The maximum absolute atomic E-state index is 11.9. The molecule has 0 unspecified atom stereocenters. The first kappa shape index (κ1) is 17.8. The number of rotatable bonds is 8. The second-order valence-corrected chi connectivity index (χ2v) is 5.76. The van der Waals surface area contributed by atoms with Crippen LogP contribution in [-0.4, -0.2) is 38.1 Å². The van der Waals surface area contributed by atoms with Gasteiger partial charge in [-0.3, -0.25) is 4.79 Å². The average Bonchev–Trinajstić information content (AvgIpc) is 2.59. The predicted octanol–water partition coefficient (Wildman–Crippen LogP) is 3.67. The van der Waals surface area contributed by atoms with E-state index in [2.05, 4.69) is 10.2 Å². The number of hydrogen-bond donors (Lipinski definition) is 1. The number of nitrogens with zero attached hydrogens (tertiary/aromatic N) is 1. The van der Waals surface area contributed by atoms with Crippen LogP contribution in [0.1, 0.15) is 12.0 Å². The number of benzene rings is 2. The van der Waals surface area contributed by atoms with Crippen molar-refractivity contribution in [3.63, 3.8) is 0 Å². The molecule has 0 atom stereocenters. The molecule has 0 aromatic heterocycles. The lowest BCUT2D eigenvalue weighted by Crippen LogP contribution is -2.15. The summed E-state index contributed by atoms with van der Waals surface area (Å²) >= 11 is 0. The highest BCUT2D eigenvalue weighted by atomic mass is 16.5. The van der Waals surface area contributed by atoms with Gasteiger partial charge in [-0.25, -0.2) is 0 Å². The van der Waals surface area contributed by atoms with Crippen LogP contribution >= 0.6 is 0 Å². The van der Waals surface area contributed by atoms with E-state index in [9.17, 15) is 4.79 Å². The molecule has 1 amide bonds. The van der Waals surface area contributed by atoms with Gasteiger partial charge in [0.2, 0.25) is 5.91 Å². The van der Waals surface area contributed by atoms with Gasteiger partial charge in [-0.15, -0.1) is 0 Å². The third kappa shape index (κ3) is 6.67. The minimum absolute atomic E-state index is 0.154. The minimum Gasteiger partial charge on any atom is -0.494 e. The van der Waals surface area contributed by atoms with E-state index in [-0.39, 0.29) is 5.91 Å². The number of anilines is 1. The Hall–Kier alpha value is -2.59. The molecular formula is C20H24N2O2. The number of ether oxygens (including phenoxy) is 1. The van der Waals surface area contributed by atoms with Gasteiger partial charge in [0.1, 0.15) is 5.75 Å². The largest absolute Gasteiger partial charge is 0.494 e. The van der Waals surface area contributed by atoms with Crippen molar-refractivity contribution in [2.45, 2.75) is 6.42 Å². The van der Waals surface area contributed by atoms with Gasteiger partial charge in [0.25, 0.3) is 0 Å². The predicted molar refractivity (Wildman–Crippen MR) is 99.2 cm³/mol. The topological polar surface area (TPSA) is 41.6 Å². The van der Waals surface area contributed by atoms with E-state index in [0.717, 1.165) is 30.0 Å². The van der Waals surface area contributed by atoms with Gasteiger partial charge in [0.05, 0.1) is 6.61 Å². The van der Waals surface area contributed by atoms with Crippen molar-refractivity contribution in [2.75, 3.05) is 32.6 Å². The molecule has 2 aromatic rings. The molecular weight excluding hydrogens is 300 g/mol. The second-order valence-electron chi connectivity index (χ2n) is 5.76. The molecule has 4 nitrogen and oxygen atoms in total. The maximum atomic E-state index is 11.9. The molecule has 0 saturated carbocycles. The molecule has 0 aliphatic heterocycles. The fourth-order valence-corrected chi connectivity index (χ4v) is 2.13. The monoisotopic (exact) mass is 324 g/mol. The molecule has 0 spiro atoms. The van der Waals surface area contributed by atoms with Crippen LogP contribution in [0.2, 0.25) is 0 Å². The molecule has 2 rings (SSSR count). The number of amides is 1. The summed E-state index contributed by atoms with van der Waals surface area (Å²) in [6, 6.07) is 17.1. The Kier molecular flexibility index (Phi) is 7.05. The Morgan fingerprint density at radius 2 is 1.79 bits per heavy atom. The second kappa shape index (κ2) is 9.53. The van der Waals surface area contributed by atoms with Crippen LogP contribution in [0.25, 0.3) is 6.08 Å². The Morgan fingerprint density at radius 1 is 1.08 bits per heavy atom. The lowest BCUT2D eigenvalue weighted by molar-refractivity contribution is -0.111. The molecule has 4 heteroatoms. The zero-order valence-electron chi connectivity index (χ0n) is 14.2. The highest BCUT2D eigenvalue weighted by molar-refractivity contribution is 6.01. The van der Waals surface area contributed by atoms with Crippen LogP contribution < -0.4 is 10.1 Å². The zero-order valence-corrected chi connectivity index (χ0v) is 14.2. The Balaban J connectivity index is 1.78. The summed E-state index contributed by atoms with van der Waals surface area (Å²) in [6.45, 7) is 1.69. The highest BCUT2D eigenvalue weighted by Crippen LogP contribution is 2.16. The van der Waals surface area contributed by atoms with Crippen LogP contribution in [-0.2, 0) is 4.79 Å². The number of carbonyl (C=O) groups is 1. The van der Waals surface area contributed by atoms with Crippen molar-refractivity contribution in [2.24, 2.45) is 0 Å². The highest BCUT2D eigenvalue weighted by Gasteiger charge is 1.99. The first-order valence-corrected chi connectivity index (χ1v) is 8.05. The minimum atomic E-state index is -0.154. The molecule has 0 fully saturated rings. The summed E-state index contributed by atoms with van der Waals surface area (Å²) in [6.07, 6.45) is 4.30. The van der Waals surface area contributed by atoms with Crippen molar-refractivity contribution in [3.8, 4) is 5.75 Å². The van der Waals surface area contributed by atoms with Crippen molar-refractivity contribution < 1.29 is 9.53 Å². The average molecular weight is 324 g/mol. The van der Waals surface area contributed by atoms with Crippen molar-refractivity contribution in [3.05, 3.63) is 66.2 Å². The van der Waals surface area contributed by atoms with Gasteiger partial charge < -0.3 is 15.0 Å².